The van der Waals surface area contributed by atoms with Crippen molar-refractivity contribution >= 4 is 23.3 Å². The van der Waals surface area contributed by atoms with Gasteiger partial charge in [-0.1, -0.05) is 11.6 Å². The average molecular weight is 456 g/mol. The van der Waals surface area contributed by atoms with Crippen molar-refractivity contribution in [1.29, 1.82) is 0 Å². The highest BCUT2D eigenvalue weighted by Crippen LogP contribution is 2.32. The molecule has 0 aliphatic rings. The highest BCUT2D eigenvalue weighted by Gasteiger charge is 2.31. The number of benzene rings is 1. The van der Waals surface area contributed by atoms with E-state index in [1.807, 2.05) is 0 Å². The van der Waals surface area contributed by atoms with Gasteiger partial charge in [-0.05, 0) is 44.2 Å². The number of carbonyl (C=O) groups excluding carboxylic acids is 1. The molecular weight excluding hydrogens is 438 g/mol. The van der Waals surface area contributed by atoms with Gasteiger partial charge in [0.15, 0.2) is 0 Å². The fraction of sp³-hybridized carbons (Fsp3) is 0.250. The lowest BCUT2D eigenvalue weighted by molar-refractivity contribution is -0.137. The van der Waals surface area contributed by atoms with Crippen LogP contribution >= 0.6 is 11.6 Å². The first-order valence-electron chi connectivity index (χ1n) is 9.15. The maximum Gasteiger partial charge on any atom is 0.417 e. The lowest BCUT2D eigenvalue weighted by atomic mass is 10.2. The molecule has 3 rings (SSSR count). The molecule has 0 unspecified atom stereocenters. The molecule has 0 aliphatic carbocycles. The van der Waals surface area contributed by atoms with Crippen LogP contribution in [0.5, 0.6) is 0 Å². The first kappa shape index (κ1) is 22.5. The van der Waals surface area contributed by atoms with Crippen molar-refractivity contribution in [2.45, 2.75) is 20.0 Å². The summed E-state index contributed by atoms with van der Waals surface area (Å²) in [5.41, 5.74) is 1.14. The van der Waals surface area contributed by atoms with Gasteiger partial charge in [0, 0.05) is 19.3 Å². The maximum absolute atomic E-state index is 13.1. The highest BCUT2D eigenvalue weighted by molar-refractivity contribution is 6.32. The number of hydrogen-bond donors (Lipinski definition) is 2. The minimum Gasteiger partial charge on any atom is -0.367 e. The number of nitrogens with one attached hydrogen (secondary N) is 2. The van der Waals surface area contributed by atoms with Gasteiger partial charge in [0.1, 0.15) is 11.6 Å². The number of halogens is 5. The number of rotatable bonds is 6. The molecule has 0 spiro atoms. The molecule has 0 saturated carbocycles. The molecule has 11 heteroatoms. The first-order chi connectivity index (χ1) is 14.6. The number of amides is 1. The molecule has 0 atom stereocenters. The van der Waals surface area contributed by atoms with Crippen molar-refractivity contribution < 1.29 is 22.4 Å². The summed E-state index contributed by atoms with van der Waals surface area (Å²) in [6.07, 6.45) is -3.85. The van der Waals surface area contributed by atoms with Gasteiger partial charge in [0.25, 0.3) is 5.91 Å². The van der Waals surface area contributed by atoms with Crippen molar-refractivity contribution in [2.24, 2.45) is 0 Å². The van der Waals surface area contributed by atoms with Crippen LogP contribution in [0.4, 0.5) is 23.4 Å². The van der Waals surface area contributed by atoms with Crippen molar-refractivity contribution in [3.05, 3.63) is 69.9 Å². The average Bonchev–Trinajstić information content (AvgIpc) is 3.00. The van der Waals surface area contributed by atoms with E-state index in [2.05, 4.69) is 20.7 Å². The van der Waals surface area contributed by atoms with E-state index in [1.165, 1.54) is 12.1 Å². The van der Waals surface area contributed by atoms with Crippen LogP contribution in [0.15, 0.2) is 36.5 Å². The van der Waals surface area contributed by atoms with Crippen LogP contribution in [-0.2, 0) is 6.18 Å². The number of nitrogens with zero attached hydrogens (tertiary/aromatic N) is 3. The van der Waals surface area contributed by atoms with Gasteiger partial charge in [-0.2, -0.15) is 18.3 Å². The van der Waals surface area contributed by atoms with Crippen LogP contribution in [0.1, 0.15) is 27.3 Å². The third kappa shape index (κ3) is 5.13. The Labute approximate surface area is 180 Å². The Hall–Kier alpha value is -3.14. The number of carbonyl (C=O) groups is 1. The number of alkyl halides is 3. The molecule has 0 bridgehead atoms. The Morgan fingerprint density at radius 3 is 2.45 bits per heavy atom. The van der Waals surface area contributed by atoms with Gasteiger partial charge in [0.05, 0.1) is 33.2 Å². The summed E-state index contributed by atoms with van der Waals surface area (Å²) < 4.78 is 52.7. The fourth-order valence-corrected chi connectivity index (χ4v) is 3.21. The van der Waals surface area contributed by atoms with E-state index >= 15 is 0 Å². The molecule has 1 aromatic carbocycles. The number of anilines is 1. The van der Waals surface area contributed by atoms with Crippen molar-refractivity contribution in [3.63, 3.8) is 0 Å². The van der Waals surface area contributed by atoms with Gasteiger partial charge >= 0.3 is 6.18 Å². The summed E-state index contributed by atoms with van der Waals surface area (Å²) in [5.74, 6) is -0.657. The maximum atomic E-state index is 13.1. The van der Waals surface area contributed by atoms with E-state index in [0.717, 1.165) is 6.07 Å². The monoisotopic (exact) mass is 455 g/mol. The highest BCUT2D eigenvalue weighted by atomic mass is 35.5. The molecule has 6 nitrogen and oxygen atoms in total. The molecule has 0 fully saturated rings. The quantitative estimate of drug-likeness (QED) is 0.423. The van der Waals surface area contributed by atoms with Gasteiger partial charge in [-0.15, -0.1) is 0 Å². The number of pyridine rings is 1. The zero-order valence-corrected chi connectivity index (χ0v) is 17.3. The van der Waals surface area contributed by atoms with Gasteiger partial charge < -0.3 is 10.6 Å². The van der Waals surface area contributed by atoms with Crippen LogP contribution in [0.25, 0.3) is 5.69 Å². The van der Waals surface area contributed by atoms with Gasteiger partial charge in [-0.3, -0.25) is 4.79 Å². The molecule has 31 heavy (non-hydrogen) atoms. The minimum absolute atomic E-state index is 0.0837. The predicted molar refractivity (Wildman–Crippen MR) is 108 cm³/mol. The third-order valence-corrected chi connectivity index (χ3v) is 4.75. The van der Waals surface area contributed by atoms with Crippen LogP contribution < -0.4 is 10.6 Å². The SMILES string of the molecule is Cc1nn(-c2ccc(F)cc2)c(C)c1C(=O)NCCNc1ncc(C(F)(F)F)cc1Cl. The normalized spacial score (nSPS) is 11.5. The molecule has 2 aromatic heterocycles. The van der Waals surface area contributed by atoms with Crippen molar-refractivity contribution in [1.82, 2.24) is 20.1 Å². The topological polar surface area (TPSA) is 71.8 Å². The van der Waals surface area contributed by atoms with Crippen LogP contribution in [0.3, 0.4) is 0 Å². The smallest absolute Gasteiger partial charge is 0.367 e. The van der Waals surface area contributed by atoms with E-state index in [4.69, 9.17) is 11.6 Å². The second-order valence-corrected chi connectivity index (χ2v) is 7.08. The summed E-state index contributed by atoms with van der Waals surface area (Å²) in [6, 6.07) is 6.50. The molecule has 1 amide bonds. The zero-order chi connectivity index (χ0) is 22.8. The van der Waals surface area contributed by atoms with Crippen LogP contribution in [-0.4, -0.2) is 33.8 Å². The van der Waals surface area contributed by atoms with Gasteiger partial charge in [-0.25, -0.2) is 14.1 Å². The Kier molecular flexibility index (Phi) is 6.49. The molecule has 0 radical (unpaired) electrons. The first-order valence-corrected chi connectivity index (χ1v) is 9.52. The summed E-state index contributed by atoms with van der Waals surface area (Å²) >= 11 is 5.84. The van der Waals surface area contributed by atoms with E-state index in [0.29, 0.717) is 28.8 Å². The van der Waals surface area contributed by atoms with E-state index < -0.39 is 11.7 Å². The zero-order valence-electron chi connectivity index (χ0n) is 16.5. The lowest BCUT2D eigenvalue weighted by Gasteiger charge is -2.11. The molecular formula is C20H18ClF4N5O. The number of hydrogen-bond acceptors (Lipinski definition) is 4. The largest absolute Gasteiger partial charge is 0.417 e. The van der Waals surface area contributed by atoms with Crippen LogP contribution in [0, 0.1) is 19.7 Å². The molecule has 0 aliphatic heterocycles. The Morgan fingerprint density at radius 2 is 1.84 bits per heavy atom. The summed E-state index contributed by atoms with van der Waals surface area (Å²) in [7, 11) is 0. The number of aryl methyl sites for hydroxylation is 1. The number of aromatic nitrogens is 3. The summed E-state index contributed by atoms with van der Waals surface area (Å²) in [4.78, 5) is 16.3. The summed E-state index contributed by atoms with van der Waals surface area (Å²) in [6.45, 7) is 3.76. The Bertz CT molecular complexity index is 1100. The molecule has 3 aromatic rings. The van der Waals surface area contributed by atoms with E-state index in [1.54, 1.807) is 30.7 Å². The van der Waals surface area contributed by atoms with Crippen LogP contribution in [0.2, 0.25) is 5.02 Å². The van der Waals surface area contributed by atoms with Crippen molar-refractivity contribution in [3.8, 4) is 5.69 Å². The van der Waals surface area contributed by atoms with Crippen molar-refractivity contribution in [2.75, 3.05) is 18.4 Å². The predicted octanol–water partition coefficient (Wildman–Crippen LogP) is 4.54. The third-order valence-electron chi connectivity index (χ3n) is 4.46. The lowest BCUT2D eigenvalue weighted by Crippen LogP contribution is -2.29. The Balaban J connectivity index is 1.61. The standard InChI is InChI=1S/C20H18ClF4N5O/c1-11-17(12(2)30(29-11)15-5-3-14(22)4-6-15)19(31)27-8-7-26-18-16(21)9-13(10-28-18)20(23,24)25/h3-6,9-10H,7-8H2,1-2H3,(H,26,28)(H,27,31). The second kappa shape index (κ2) is 8.93. The van der Waals surface area contributed by atoms with E-state index in [-0.39, 0.29) is 35.7 Å². The fourth-order valence-electron chi connectivity index (χ4n) is 2.97. The Morgan fingerprint density at radius 1 is 1.16 bits per heavy atom. The van der Waals surface area contributed by atoms with Gasteiger partial charge in [0.2, 0.25) is 0 Å². The molecule has 2 N–H and O–H groups in total. The molecule has 2 heterocycles. The van der Waals surface area contributed by atoms with E-state index in [9.17, 15) is 22.4 Å². The second-order valence-electron chi connectivity index (χ2n) is 6.67. The minimum atomic E-state index is -4.53. The summed E-state index contributed by atoms with van der Waals surface area (Å²) in [5, 5.41) is 9.67. The molecule has 0 saturated heterocycles. The molecule has 164 valence electrons.